The fraction of sp³-hybridized carbons (Fsp3) is 0.444. The molecule has 0 aliphatic carbocycles. The molecule has 1 aliphatic rings. The van der Waals surface area contributed by atoms with E-state index in [0.29, 0.717) is 17.4 Å². The first kappa shape index (κ1) is 24.6. The summed E-state index contributed by atoms with van der Waals surface area (Å²) in [5, 5.41) is 4.63. The van der Waals surface area contributed by atoms with Gasteiger partial charge in [-0.2, -0.15) is 5.10 Å². The molecule has 2 heterocycles. The number of nitrogens with one attached hydrogen (secondary N) is 1. The fourth-order valence-corrected chi connectivity index (χ4v) is 6.05. The van der Waals surface area contributed by atoms with Crippen molar-refractivity contribution in [3.05, 3.63) is 83.7 Å². The molecule has 3 aromatic rings. The lowest BCUT2D eigenvalue weighted by molar-refractivity contribution is 0.202. The number of aromatic nitrogens is 2. The fourth-order valence-electron chi connectivity index (χ4n) is 4.94. The van der Waals surface area contributed by atoms with Crippen molar-refractivity contribution in [2.75, 3.05) is 26.2 Å². The first-order chi connectivity index (χ1) is 16.5. The number of piperidine rings is 1. The summed E-state index contributed by atoms with van der Waals surface area (Å²) < 4.78 is 30.5. The van der Waals surface area contributed by atoms with Gasteiger partial charge in [0.25, 0.3) is 0 Å². The molecule has 1 N–H and O–H groups in total. The third-order valence-electron chi connectivity index (χ3n) is 6.88. The van der Waals surface area contributed by atoms with Crippen molar-refractivity contribution >= 4 is 10.0 Å². The smallest absolute Gasteiger partial charge is 0.240 e. The molecule has 2 aromatic carbocycles. The molecule has 4 rings (SSSR count). The summed E-state index contributed by atoms with van der Waals surface area (Å²) in [7, 11) is -3.52. The Morgan fingerprint density at radius 2 is 1.68 bits per heavy atom. The minimum atomic E-state index is -3.52. The largest absolute Gasteiger partial charge is 0.303 e. The van der Waals surface area contributed by atoms with E-state index in [0.717, 1.165) is 51.1 Å². The minimum Gasteiger partial charge on any atom is -0.303 e. The topological polar surface area (TPSA) is 67.2 Å². The number of hydrogen-bond acceptors (Lipinski definition) is 4. The Kier molecular flexibility index (Phi) is 8.19. The number of benzene rings is 2. The quantitative estimate of drug-likeness (QED) is 0.463. The van der Waals surface area contributed by atoms with E-state index in [4.69, 9.17) is 0 Å². The maximum atomic E-state index is 12.8. The summed E-state index contributed by atoms with van der Waals surface area (Å²) in [4.78, 5) is 2.84. The van der Waals surface area contributed by atoms with Crippen molar-refractivity contribution in [1.29, 1.82) is 0 Å². The molecule has 0 unspecified atom stereocenters. The van der Waals surface area contributed by atoms with Crippen LogP contribution in [0.3, 0.4) is 0 Å². The number of rotatable bonds is 10. The van der Waals surface area contributed by atoms with Crippen LogP contribution in [0.2, 0.25) is 0 Å². The molecule has 0 saturated carbocycles. The molecule has 1 atom stereocenters. The molecule has 182 valence electrons. The number of hydrogen-bond donors (Lipinski definition) is 1. The van der Waals surface area contributed by atoms with Gasteiger partial charge in [-0.25, -0.2) is 13.1 Å². The third-order valence-corrected chi connectivity index (χ3v) is 8.32. The average molecular weight is 481 g/mol. The lowest BCUT2D eigenvalue weighted by Gasteiger charge is -2.33. The zero-order valence-corrected chi connectivity index (χ0v) is 21.0. The van der Waals surface area contributed by atoms with Gasteiger partial charge >= 0.3 is 0 Å². The molecule has 0 amide bonds. The average Bonchev–Trinajstić information content (AvgIpc) is 3.26. The van der Waals surface area contributed by atoms with Crippen LogP contribution in [0.15, 0.2) is 71.6 Å². The molecule has 34 heavy (non-hydrogen) atoms. The van der Waals surface area contributed by atoms with Crippen LogP contribution in [0, 0.1) is 6.92 Å². The monoisotopic (exact) mass is 480 g/mol. The van der Waals surface area contributed by atoms with Crippen molar-refractivity contribution < 1.29 is 8.42 Å². The summed E-state index contributed by atoms with van der Waals surface area (Å²) in [5.41, 5.74) is 3.65. The lowest BCUT2D eigenvalue weighted by Crippen LogP contribution is -2.36. The predicted molar refractivity (Wildman–Crippen MR) is 136 cm³/mol. The van der Waals surface area contributed by atoms with E-state index in [2.05, 4.69) is 51.4 Å². The van der Waals surface area contributed by atoms with Crippen LogP contribution in [0.1, 0.15) is 55.0 Å². The summed E-state index contributed by atoms with van der Waals surface area (Å²) in [6.07, 6.45) is 3.20. The minimum absolute atomic E-state index is 0.126. The molecule has 0 spiro atoms. The first-order valence-electron chi connectivity index (χ1n) is 12.3. The van der Waals surface area contributed by atoms with E-state index >= 15 is 0 Å². The van der Waals surface area contributed by atoms with E-state index in [1.54, 1.807) is 24.3 Å². The highest BCUT2D eigenvalue weighted by molar-refractivity contribution is 7.89. The summed E-state index contributed by atoms with van der Waals surface area (Å²) in [5.74, 6) is 0.696. The molecule has 1 saturated heterocycles. The Bertz CT molecular complexity index is 1140. The van der Waals surface area contributed by atoms with E-state index < -0.39 is 10.0 Å². The molecular formula is C27H36N4O2S. The van der Waals surface area contributed by atoms with Gasteiger partial charge in [0, 0.05) is 24.7 Å². The second-order valence-corrected chi connectivity index (χ2v) is 11.0. The first-order valence-corrected chi connectivity index (χ1v) is 13.8. The van der Waals surface area contributed by atoms with Crippen LogP contribution < -0.4 is 4.72 Å². The van der Waals surface area contributed by atoms with Crippen LogP contribution >= 0.6 is 0 Å². The maximum Gasteiger partial charge on any atom is 0.240 e. The van der Waals surface area contributed by atoms with Gasteiger partial charge in [0.2, 0.25) is 10.0 Å². The van der Waals surface area contributed by atoms with Gasteiger partial charge in [0.05, 0.1) is 10.6 Å². The Labute approximate surface area is 204 Å². The third kappa shape index (κ3) is 6.14. The van der Waals surface area contributed by atoms with Gasteiger partial charge < -0.3 is 4.90 Å². The van der Waals surface area contributed by atoms with Crippen molar-refractivity contribution in [2.24, 2.45) is 0 Å². The second-order valence-electron chi connectivity index (χ2n) is 9.20. The molecule has 0 radical (unpaired) electrons. The SMILES string of the molecule is CCn1nc(C)cc1C1CCN(CC[C@@H](CNS(=O)(=O)c2ccccc2)c2ccccc2)CC1. The van der Waals surface area contributed by atoms with Crippen LogP contribution in [0.25, 0.3) is 0 Å². The van der Waals surface area contributed by atoms with Crippen LogP contribution in [-0.2, 0) is 16.6 Å². The van der Waals surface area contributed by atoms with Gasteiger partial charge in [-0.05, 0) is 82.4 Å². The molecule has 6 nitrogen and oxygen atoms in total. The van der Waals surface area contributed by atoms with Gasteiger partial charge in [-0.1, -0.05) is 48.5 Å². The Morgan fingerprint density at radius 1 is 1.03 bits per heavy atom. The normalized spacial score (nSPS) is 16.5. The van der Waals surface area contributed by atoms with E-state index in [-0.39, 0.29) is 5.92 Å². The van der Waals surface area contributed by atoms with Crippen molar-refractivity contribution in [3.63, 3.8) is 0 Å². The van der Waals surface area contributed by atoms with Crippen LogP contribution in [-0.4, -0.2) is 49.3 Å². The standard InChI is InChI=1S/C27H36N4O2S/c1-3-31-27(20-22(2)29-31)24-14-17-30(18-15-24)19-16-25(23-10-6-4-7-11-23)21-28-34(32,33)26-12-8-5-9-13-26/h4-13,20,24-25,28H,3,14-19,21H2,1-2H3/t25-/m0/s1. The number of sulfonamides is 1. The maximum absolute atomic E-state index is 12.8. The molecular weight excluding hydrogens is 444 g/mol. The highest BCUT2D eigenvalue weighted by atomic mass is 32.2. The van der Waals surface area contributed by atoms with Crippen LogP contribution in [0.5, 0.6) is 0 Å². The number of nitrogens with zero attached hydrogens (tertiary/aromatic N) is 3. The van der Waals surface area contributed by atoms with Gasteiger partial charge in [0.1, 0.15) is 0 Å². The highest BCUT2D eigenvalue weighted by Gasteiger charge is 2.25. The van der Waals surface area contributed by atoms with Gasteiger partial charge in [-0.15, -0.1) is 0 Å². The van der Waals surface area contributed by atoms with Gasteiger partial charge in [0.15, 0.2) is 0 Å². The highest BCUT2D eigenvalue weighted by Crippen LogP contribution is 2.29. The van der Waals surface area contributed by atoms with Gasteiger partial charge in [-0.3, -0.25) is 4.68 Å². The summed E-state index contributed by atoms with van der Waals surface area (Å²) in [6.45, 7) is 8.63. The summed E-state index contributed by atoms with van der Waals surface area (Å²) in [6, 6.07) is 21.1. The molecule has 7 heteroatoms. The number of likely N-dealkylation sites (tertiary alicyclic amines) is 1. The molecule has 1 aliphatic heterocycles. The zero-order valence-electron chi connectivity index (χ0n) is 20.2. The van der Waals surface area contributed by atoms with Crippen molar-refractivity contribution in [2.45, 2.75) is 56.4 Å². The van der Waals surface area contributed by atoms with Crippen LogP contribution in [0.4, 0.5) is 0 Å². The Balaban J connectivity index is 1.35. The Morgan fingerprint density at radius 3 is 2.32 bits per heavy atom. The second kappa shape index (κ2) is 11.3. The van der Waals surface area contributed by atoms with E-state index in [1.165, 1.54) is 11.3 Å². The van der Waals surface area contributed by atoms with E-state index in [9.17, 15) is 8.42 Å². The summed E-state index contributed by atoms with van der Waals surface area (Å²) >= 11 is 0. The molecule has 1 aromatic heterocycles. The zero-order chi connectivity index (χ0) is 24.0. The predicted octanol–water partition coefficient (Wildman–Crippen LogP) is 4.54. The number of aryl methyl sites for hydroxylation is 2. The van der Waals surface area contributed by atoms with Crippen molar-refractivity contribution in [1.82, 2.24) is 19.4 Å². The molecule has 0 bridgehead atoms. The van der Waals surface area contributed by atoms with E-state index in [1.807, 2.05) is 24.3 Å². The molecule has 1 fully saturated rings. The Hall–Kier alpha value is -2.48. The lowest BCUT2D eigenvalue weighted by atomic mass is 9.91. The van der Waals surface area contributed by atoms with Crippen molar-refractivity contribution in [3.8, 4) is 0 Å².